The van der Waals surface area contributed by atoms with Gasteiger partial charge in [-0.2, -0.15) is 0 Å². The Labute approximate surface area is 135 Å². The van der Waals surface area contributed by atoms with Gasteiger partial charge in [0, 0.05) is 19.7 Å². The quantitative estimate of drug-likeness (QED) is 0.630. The van der Waals surface area contributed by atoms with Crippen molar-refractivity contribution in [1.82, 2.24) is 0 Å². The lowest BCUT2D eigenvalue weighted by Crippen LogP contribution is -2.07. The maximum atomic E-state index is 6.27. The molecular weight excluding hydrogens is 389 g/mol. The normalized spacial score (nSPS) is 12.3. The lowest BCUT2D eigenvalue weighted by molar-refractivity contribution is 0.883. The standard InChI is InChI=1S/C15H14Br2ClN/c1-9-3-6-15(13(17)7-9)19-10(2)12-5-4-11(16)8-14(12)18/h3-8,10,19H,1-2H3. The van der Waals surface area contributed by atoms with E-state index in [0.29, 0.717) is 0 Å². The molecule has 2 rings (SSSR count). The Kier molecular flexibility index (Phi) is 4.93. The zero-order valence-electron chi connectivity index (χ0n) is 10.7. The molecule has 0 saturated carbocycles. The molecule has 0 saturated heterocycles. The van der Waals surface area contributed by atoms with Crippen molar-refractivity contribution in [3.05, 3.63) is 61.5 Å². The molecule has 1 unspecified atom stereocenters. The first-order chi connectivity index (χ1) is 8.97. The Morgan fingerprint density at radius 2 is 1.84 bits per heavy atom. The van der Waals surface area contributed by atoms with Gasteiger partial charge in [-0.05, 0) is 65.2 Å². The van der Waals surface area contributed by atoms with Gasteiger partial charge in [0.05, 0.1) is 6.04 Å². The SMILES string of the molecule is Cc1ccc(NC(C)c2ccc(Br)cc2Cl)c(Br)c1. The summed E-state index contributed by atoms with van der Waals surface area (Å²) in [6.45, 7) is 4.17. The molecule has 0 aliphatic rings. The molecule has 0 aromatic heterocycles. The van der Waals surface area contributed by atoms with Gasteiger partial charge in [0.25, 0.3) is 0 Å². The van der Waals surface area contributed by atoms with Crippen LogP contribution in [0.15, 0.2) is 45.3 Å². The molecule has 0 amide bonds. The summed E-state index contributed by atoms with van der Waals surface area (Å²) in [5.41, 5.74) is 3.38. The number of hydrogen-bond acceptors (Lipinski definition) is 1. The van der Waals surface area contributed by atoms with E-state index in [2.05, 4.69) is 69.2 Å². The smallest absolute Gasteiger partial charge is 0.0500 e. The number of aryl methyl sites for hydroxylation is 1. The van der Waals surface area contributed by atoms with Gasteiger partial charge >= 0.3 is 0 Å². The topological polar surface area (TPSA) is 12.0 Å². The van der Waals surface area contributed by atoms with Gasteiger partial charge in [-0.25, -0.2) is 0 Å². The molecule has 0 heterocycles. The molecule has 0 aliphatic heterocycles. The Hall–Kier alpha value is -0.510. The molecule has 2 aromatic carbocycles. The van der Waals surface area contributed by atoms with Gasteiger partial charge in [0.1, 0.15) is 0 Å². The molecule has 0 spiro atoms. The molecular formula is C15H14Br2ClN. The van der Waals surface area contributed by atoms with Crippen LogP contribution in [0.1, 0.15) is 24.1 Å². The van der Waals surface area contributed by atoms with Crippen molar-refractivity contribution in [1.29, 1.82) is 0 Å². The van der Waals surface area contributed by atoms with Gasteiger partial charge in [-0.3, -0.25) is 0 Å². The first-order valence-electron chi connectivity index (χ1n) is 5.95. The molecule has 4 heteroatoms. The third kappa shape index (κ3) is 3.74. The van der Waals surface area contributed by atoms with Gasteiger partial charge in [0.15, 0.2) is 0 Å². The molecule has 1 nitrogen and oxygen atoms in total. The fourth-order valence-corrected chi connectivity index (χ4v) is 3.35. The first kappa shape index (κ1) is 14.9. The highest BCUT2D eigenvalue weighted by Crippen LogP contribution is 2.31. The molecule has 2 aromatic rings. The number of benzene rings is 2. The summed E-state index contributed by atoms with van der Waals surface area (Å²) in [6.07, 6.45) is 0. The van der Waals surface area contributed by atoms with Crippen molar-refractivity contribution in [3.63, 3.8) is 0 Å². The van der Waals surface area contributed by atoms with Crippen molar-refractivity contribution >= 4 is 49.1 Å². The third-order valence-electron chi connectivity index (χ3n) is 2.93. The summed E-state index contributed by atoms with van der Waals surface area (Å²) in [5.74, 6) is 0. The molecule has 0 fully saturated rings. The summed E-state index contributed by atoms with van der Waals surface area (Å²) in [4.78, 5) is 0. The summed E-state index contributed by atoms with van der Waals surface area (Å²) in [6, 6.07) is 12.3. The van der Waals surface area contributed by atoms with Crippen LogP contribution in [0, 0.1) is 6.92 Å². The van der Waals surface area contributed by atoms with Gasteiger partial charge in [-0.1, -0.05) is 39.7 Å². The maximum Gasteiger partial charge on any atom is 0.0500 e. The van der Waals surface area contributed by atoms with Crippen LogP contribution in [0.25, 0.3) is 0 Å². The number of rotatable bonds is 3. The number of hydrogen-bond donors (Lipinski definition) is 1. The zero-order valence-corrected chi connectivity index (χ0v) is 14.6. The fraction of sp³-hybridized carbons (Fsp3) is 0.200. The van der Waals surface area contributed by atoms with Crippen LogP contribution < -0.4 is 5.32 Å². The van der Waals surface area contributed by atoms with Crippen molar-refractivity contribution < 1.29 is 0 Å². The average Bonchev–Trinajstić information content (AvgIpc) is 2.32. The lowest BCUT2D eigenvalue weighted by atomic mass is 10.1. The number of halogens is 3. The third-order valence-corrected chi connectivity index (χ3v) is 4.40. The van der Waals surface area contributed by atoms with E-state index in [9.17, 15) is 0 Å². The number of anilines is 1. The Bertz CT molecular complexity index is 599. The van der Waals surface area contributed by atoms with E-state index in [0.717, 1.165) is 25.2 Å². The Balaban J connectivity index is 2.23. The van der Waals surface area contributed by atoms with Gasteiger partial charge in [0.2, 0.25) is 0 Å². The second kappa shape index (κ2) is 6.29. The highest BCUT2D eigenvalue weighted by atomic mass is 79.9. The summed E-state index contributed by atoms with van der Waals surface area (Å²) < 4.78 is 2.05. The maximum absolute atomic E-state index is 6.27. The highest BCUT2D eigenvalue weighted by Gasteiger charge is 2.11. The van der Waals surface area contributed by atoms with Gasteiger partial charge < -0.3 is 5.32 Å². The van der Waals surface area contributed by atoms with E-state index < -0.39 is 0 Å². The average molecular weight is 404 g/mol. The number of nitrogens with one attached hydrogen (secondary N) is 1. The van der Waals surface area contributed by atoms with Crippen molar-refractivity contribution in [2.45, 2.75) is 19.9 Å². The second-order valence-electron chi connectivity index (χ2n) is 4.52. The van der Waals surface area contributed by atoms with Crippen molar-refractivity contribution in [2.24, 2.45) is 0 Å². The van der Waals surface area contributed by atoms with E-state index in [1.54, 1.807) is 0 Å². The predicted molar refractivity (Wildman–Crippen MR) is 90.1 cm³/mol. The minimum Gasteiger partial charge on any atom is -0.378 e. The van der Waals surface area contributed by atoms with Crippen LogP contribution >= 0.6 is 43.5 Å². The lowest BCUT2D eigenvalue weighted by Gasteiger charge is -2.18. The van der Waals surface area contributed by atoms with Crippen LogP contribution in [0.4, 0.5) is 5.69 Å². The summed E-state index contributed by atoms with van der Waals surface area (Å²) in [5, 5.41) is 4.23. The first-order valence-corrected chi connectivity index (χ1v) is 7.91. The fourth-order valence-electron chi connectivity index (χ4n) is 1.90. The minimum absolute atomic E-state index is 0.139. The second-order valence-corrected chi connectivity index (χ2v) is 6.69. The van der Waals surface area contributed by atoms with E-state index in [1.807, 2.05) is 18.2 Å². The van der Waals surface area contributed by atoms with E-state index in [-0.39, 0.29) is 6.04 Å². The van der Waals surface area contributed by atoms with Crippen molar-refractivity contribution in [3.8, 4) is 0 Å². The monoisotopic (exact) mass is 401 g/mol. The van der Waals surface area contributed by atoms with Crippen LogP contribution in [-0.2, 0) is 0 Å². The van der Waals surface area contributed by atoms with E-state index in [4.69, 9.17) is 11.6 Å². The summed E-state index contributed by atoms with van der Waals surface area (Å²) in [7, 11) is 0. The minimum atomic E-state index is 0.139. The molecule has 1 N–H and O–H groups in total. The van der Waals surface area contributed by atoms with E-state index in [1.165, 1.54) is 5.56 Å². The van der Waals surface area contributed by atoms with E-state index >= 15 is 0 Å². The van der Waals surface area contributed by atoms with Crippen molar-refractivity contribution in [2.75, 3.05) is 5.32 Å². The van der Waals surface area contributed by atoms with Crippen LogP contribution in [0.2, 0.25) is 5.02 Å². The van der Waals surface area contributed by atoms with Crippen LogP contribution in [0.3, 0.4) is 0 Å². The molecule has 0 bridgehead atoms. The Morgan fingerprint density at radius 3 is 2.47 bits per heavy atom. The highest BCUT2D eigenvalue weighted by molar-refractivity contribution is 9.10. The molecule has 0 radical (unpaired) electrons. The van der Waals surface area contributed by atoms with Crippen LogP contribution in [-0.4, -0.2) is 0 Å². The molecule has 100 valence electrons. The molecule has 1 atom stereocenters. The zero-order chi connectivity index (χ0) is 14.0. The molecule has 19 heavy (non-hydrogen) atoms. The largest absolute Gasteiger partial charge is 0.378 e. The Morgan fingerprint density at radius 1 is 1.11 bits per heavy atom. The molecule has 0 aliphatic carbocycles. The predicted octanol–water partition coefficient (Wildman–Crippen LogP) is 6.35. The summed E-state index contributed by atoms with van der Waals surface area (Å²) >= 11 is 13.3. The van der Waals surface area contributed by atoms with Crippen LogP contribution in [0.5, 0.6) is 0 Å². The van der Waals surface area contributed by atoms with Gasteiger partial charge in [-0.15, -0.1) is 0 Å².